The number of carbonyl (C=O) groups excluding carboxylic acids is 1. The van der Waals surface area contributed by atoms with Crippen LogP contribution in [0.5, 0.6) is 0 Å². The second-order valence-electron chi connectivity index (χ2n) is 5.23. The van der Waals surface area contributed by atoms with Crippen molar-refractivity contribution in [2.24, 2.45) is 0 Å². The normalized spacial score (nSPS) is 18.7. The Morgan fingerprint density at radius 1 is 1.35 bits per heavy atom. The van der Waals surface area contributed by atoms with Gasteiger partial charge in [0.2, 0.25) is 17.6 Å². The first-order chi connectivity index (χ1) is 10.8. The van der Waals surface area contributed by atoms with Gasteiger partial charge in [0.25, 0.3) is 0 Å². The van der Waals surface area contributed by atoms with Crippen molar-refractivity contribution in [2.75, 3.05) is 13.1 Å². The standard InChI is InChI=1S/C14H11ClF3N3O2/c15-10-4-2-1-3-9(10)12-19-13(23-20-12)8-5-11(22)21(6-8)7-14(16,17)18/h1-4,8H,5-7H2/t8-/m1/s1. The van der Waals surface area contributed by atoms with Crippen molar-refractivity contribution in [1.29, 1.82) is 0 Å². The monoisotopic (exact) mass is 345 g/mol. The number of hydrogen-bond donors (Lipinski definition) is 0. The lowest BCUT2D eigenvalue weighted by Crippen LogP contribution is -2.35. The molecule has 9 heteroatoms. The van der Waals surface area contributed by atoms with Crippen LogP contribution >= 0.6 is 11.6 Å². The van der Waals surface area contributed by atoms with Crippen molar-refractivity contribution in [1.82, 2.24) is 15.0 Å². The molecule has 1 saturated heterocycles. The molecule has 0 aliphatic carbocycles. The first-order valence-corrected chi connectivity index (χ1v) is 7.14. The van der Waals surface area contributed by atoms with Gasteiger partial charge in [-0.1, -0.05) is 28.9 Å². The number of carbonyl (C=O) groups is 1. The fourth-order valence-electron chi connectivity index (χ4n) is 2.46. The molecule has 0 N–H and O–H groups in total. The molecule has 2 aromatic rings. The molecule has 2 heterocycles. The van der Waals surface area contributed by atoms with Crippen LogP contribution in [-0.4, -0.2) is 40.2 Å². The van der Waals surface area contributed by atoms with Crippen molar-refractivity contribution in [3.63, 3.8) is 0 Å². The number of benzene rings is 1. The van der Waals surface area contributed by atoms with E-state index in [1.54, 1.807) is 24.3 Å². The summed E-state index contributed by atoms with van der Waals surface area (Å²) in [6.07, 6.45) is -4.51. The SMILES string of the molecule is O=C1C[C@@H](c2nc(-c3ccccc3Cl)no2)CN1CC(F)(F)F. The summed E-state index contributed by atoms with van der Waals surface area (Å²) in [5.41, 5.74) is 0.556. The Labute approximate surface area is 134 Å². The van der Waals surface area contributed by atoms with Crippen molar-refractivity contribution in [3.05, 3.63) is 35.2 Å². The summed E-state index contributed by atoms with van der Waals surface area (Å²) >= 11 is 6.04. The topological polar surface area (TPSA) is 59.2 Å². The van der Waals surface area contributed by atoms with Gasteiger partial charge in [-0.15, -0.1) is 0 Å². The van der Waals surface area contributed by atoms with E-state index in [1.165, 1.54) is 0 Å². The number of rotatable bonds is 3. The summed E-state index contributed by atoms with van der Waals surface area (Å²) in [6.45, 7) is -1.36. The predicted molar refractivity (Wildman–Crippen MR) is 74.7 cm³/mol. The molecular formula is C14H11ClF3N3O2. The Balaban J connectivity index is 1.77. The summed E-state index contributed by atoms with van der Waals surface area (Å²) in [5.74, 6) is -0.747. The van der Waals surface area contributed by atoms with E-state index >= 15 is 0 Å². The number of amides is 1. The first kappa shape index (κ1) is 15.8. The average molecular weight is 346 g/mol. The zero-order valence-corrected chi connectivity index (χ0v) is 12.4. The molecule has 0 saturated carbocycles. The lowest BCUT2D eigenvalue weighted by molar-refractivity contribution is -0.157. The third-order valence-electron chi connectivity index (χ3n) is 3.49. The molecule has 0 spiro atoms. The number of aromatic nitrogens is 2. The number of hydrogen-bond acceptors (Lipinski definition) is 4. The van der Waals surface area contributed by atoms with Crippen LogP contribution in [0, 0.1) is 0 Å². The molecule has 1 atom stereocenters. The van der Waals surface area contributed by atoms with E-state index in [-0.39, 0.29) is 24.7 Å². The Morgan fingerprint density at radius 2 is 2.09 bits per heavy atom. The van der Waals surface area contributed by atoms with Crippen LogP contribution in [0.15, 0.2) is 28.8 Å². The largest absolute Gasteiger partial charge is 0.406 e. The van der Waals surface area contributed by atoms with Gasteiger partial charge in [0.05, 0.1) is 10.9 Å². The highest BCUT2D eigenvalue weighted by Gasteiger charge is 2.40. The third-order valence-corrected chi connectivity index (χ3v) is 3.82. The molecule has 1 aromatic carbocycles. The molecule has 23 heavy (non-hydrogen) atoms. The van der Waals surface area contributed by atoms with Gasteiger partial charge >= 0.3 is 6.18 Å². The van der Waals surface area contributed by atoms with Gasteiger partial charge in [0.15, 0.2) is 0 Å². The second-order valence-corrected chi connectivity index (χ2v) is 5.63. The highest BCUT2D eigenvalue weighted by Crippen LogP contribution is 2.32. The van der Waals surface area contributed by atoms with E-state index in [2.05, 4.69) is 10.1 Å². The van der Waals surface area contributed by atoms with Crippen molar-refractivity contribution < 1.29 is 22.5 Å². The van der Waals surface area contributed by atoms with Crippen LogP contribution < -0.4 is 0 Å². The quantitative estimate of drug-likeness (QED) is 0.856. The summed E-state index contributed by atoms with van der Waals surface area (Å²) in [7, 11) is 0. The number of likely N-dealkylation sites (tertiary alicyclic amines) is 1. The minimum Gasteiger partial charge on any atom is -0.339 e. The fourth-order valence-corrected chi connectivity index (χ4v) is 2.68. The minimum atomic E-state index is -4.43. The molecule has 0 bridgehead atoms. The molecule has 0 radical (unpaired) electrons. The van der Waals surface area contributed by atoms with Gasteiger partial charge < -0.3 is 9.42 Å². The van der Waals surface area contributed by atoms with Crippen LogP contribution in [0.1, 0.15) is 18.2 Å². The molecule has 0 unspecified atom stereocenters. The summed E-state index contributed by atoms with van der Waals surface area (Å²) < 4.78 is 42.4. The van der Waals surface area contributed by atoms with E-state index in [1.807, 2.05) is 0 Å². The lowest BCUT2D eigenvalue weighted by Gasteiger charge is -2.17. The molecule has 122 valence electrons. The Kier molecular flexibility index (Phi) is 4.01. The number of nitrogens with zero attached hydrogens (tertiary/aromatic N) is 3. The van der Waals surface area contributed by atoms with Crippen molar-refractivity contribution in [2.45, 2.75) is 18.5 Å². The molecular weight excluding hydrogens is 335 g/mol. The molecule has 3 rings (SSSR count). The fraction of sp³-hybridized carbons (Fsp3) is 0.357. The summed E-state index contributed by atoms with van der Waals surface area (Å²) in [5, 5.41) is 4.23. The lowest BCUT2D eigenvalue weighted by atomic mass is 10.1. The molecule has 1 aromatic heterocycles. The van der Waals surface area contributed by atoms with Crippen molar-refractivity contribution >= 4 is 17.5 Å². The average Bonchev–Trinajstić information content (AvgIpc) is 3.06. The van der Waals surface area contributed by atoms with E-state index in [4.69, 9.17) is 16.1 Å². The van der Waals surface area contributed by atoms with Gasteiger partial charge in [-0.25, -0.2) is 0 Å². The van der Waals surface area contributed by atoms with Gasteiger partial charge in [-0.3, -0.25) is 4.79 Å². The predicted octanol–water partition coefficient (Wildman–Crippen LogP) is 3.27. The minimum absolute atomic E-state index is 0.0831. The Bertz CT molecular complexity index is 732. The van der Waals surface area contributed by atoms with E-state index in [9.17, 15) is 18.0 Å². The number of halogens is 4. The van der Waals surface area contributed by atoms with E-state index in [0.717, 1.165) is 4.90 Å². The Hall–Kier alpha value is -2.09. The van der Waals surface area contributed by atoms with Gasteiger partial charge in [-0.2, -0.15) is 18.2 Å². The highest BCUT2D eigenvalue weighted by atomic mass is 35.5. The van der Waals surface area contributed by atoms with E-state index < -0.39 is 24.5 Å². The zero-order valence-electron chi connectivity index (χ0n) is 11.7. The summed E-state index contributed by atoms with van der Waals surface area (Å²) in [6, 6.07) is 6.86. The van der Waals surface area contributed by atoms with Crippen LogP contribution in [0.2, 0.25) is 5.02 Å². The van der Waals surface area contributed by atoms with Crippen molar-refractivity contribution in [3.8, 4) is 11.4 Å². The smallest absolute Gasteiger partial charge is 0.339 e. The maximum absolute atomic E-state index is 12.4. The molecule has 1 aliphatic heterocycles. The van der Waals surface area contributed by atoms with E-state index in [0.29, 0.717) is 10.6 Å². The number of alkyl halides is 3. The van der Waals surface area contributed by atoms with Crippen LogP contribution in [-0.2, 0) is 4.79 Å². The summed E-state index contributed by atoms with van der Waals surface area (Å²) in [4.78, 5) is 16.6. The maximum atomic E-state index is 12.4. The van der Waals surface area contributed by atoms with Crippen LogP contribution in [0.4, 0.5) is 13.2 Å². The van der Waals surface area contributed by atoms with Gasteiger partial charge in [-0.05, 0) is 12.1 Å². The zero-order chi connectivity index (χ0) is 16.6. The van der Waals surface area contributed by atoms with Crippen LogP contribution in [0.3, 0.4) is 0 Å². The first-order valence-electron chi connectivity index (χ1n) is 6.76. The highest BCUT2D eigenvalue weighted by molar-refractivity contribution is 6.33. The second kappa shape index (κ2) is 5.84. The Morgan fingerprint density at radius 3 is 2.78 bits per heavy atom. The molecule has 5 nitrogen and oxygen atoms in total. The molecule has 1 aliphatic rings. The maximum Gasteiger partial charge on any atom is 0.406 e. The molecule has 1 amide bonds. The van der Waals surface area contributed by atoms with Crippen LogP contribution in [0.25, 0.3) is 11.4 Å². The molecule has 1 fully saturated rings. The third kappa shape index (κ3) is 3.47. The van der Waals surface area contributed by atoms with Gasteiger partial charge in [0.1, 0.15) is 6.54 Å². The van der Waals surface area contributed by atoms with Gasteiger partial charge in [0, 0.05) is 18.5 Å².